The quantitative estimate of drug-likeness (QED) is 0.652. The standard InChI is InChI=1S/C15H19F3O/c1-2-3-4-5-6-14(19)11-12-7-9-13(10-8-12)15(16,17)18/h7-10H,2-6,11H2,1H3. The van der Waals surface area contributed by atoms with E-state index >= 15 is 0 Å². The highest BCUT2D eigenvalue weighted by atomic mass is 19.4. The Morgan fingerprint density at radius 2 is 1.68 bits per heavy atom. The van der Waals surface area contributed by atoms with Crippen molar-refractivity contribution in [1.82, 2.24) is 0 Å². The van der Waals surface area contributed by atoms with Gasteiger partial charge in [-0.05, 0) is 24.1 Å². The first-order valence-corrected chi connectivity index (χ1v) is 6.61. The van der Waals surface area contributed by atoms with Crippen LogP contribution in [0.25, 0.3) is 0 Å². The van der Waals surface area contributed by atoms with Crippen LogP contribution < -0.4 is 0 Å². The molecule has 0 saturated heterocycles. The number of carbonyl (C=O) groups is 1. The Balaban J connectivity index is 2.43. The van der Waals surface area contributed by atoms with Crippen molar-refractivity contribution < 1.29 is 18.0 Å². The van der Waals surface area contributed by atoms with E-state index in [1.165, 1.54) is 12.1 Å². The zero-order chi connectivity index (χ0) is 14.3. The molecule has 0 radical (unpaired) electrons. The molecule has 0 amide bonds. The van der Waals surface area contributed by atoms with E-state index in [0.29, 0.717) is 12.0 Å². The van der Waals surface area contributed by atoms with Gasteiger partial charge in [0.2, 0.25) is 0 Å². The lowest BCUT2D eigenvalue weighted by Crippen LogP contribution is -2.06. The Labute approximate surface area is 111 Å². The van der Waals surface area contributed by atoms with Crippen molar-refractivity contribution in [2.24, 2.45) is 0 Å². The average molecular weight is 272 g/mol. The lowest BCUT2D eigenvalue weighted by molar-refractivity contribution is -0.137. The average Bonchev–Trinajstić information content (AvgIpc) is 2.34. The number of rotatable bonds is 7. The van der Waals surface area contributed by atoms with Crippen LogP contribution in [0.3, 0.4) is 0 Å². The lowest BCUT2D eigenvalue weighted by Gasteiger charge is -2.07. The van der Waals surface area contributed by atoms with Crippen LogP contribution in [0.4, 0.5) is 13.2 Å². The maximum atomic E-state index is 12.4. The van der Waals surface area contributed by atoms with E-state index in [4.69, 9.17) is 0 Å². The molecule has 0 aliphatic rings. The van der Waals surface area contributed by atoms with Crippen molar-refractivity contribution >= 4 is 5.78 Å². The van der Waals surface area contributed by atoms with E-state index < -0.39 is 11.7 Å². The summed E-state index contributed by atoms with van der Waals surface area (Å²) in [5.41, 5.74) is -0.0277. The maximum absolute atomic E-state index is 12.4. The molecule has 0 N–H and O–H groups in total. The van der Waals surface area contributed by atoms with Gasteiger partial charge in [0.25, 0.3) is 0 Å². The van der Waals surface area contributed by atoms with E-state index in [2.05, 4.69) is 6.92 Å². The minimum Gasteiger partial charge on any atom is -0.299 e. The van der Waals surface area contributed by atoms with Crippen molar-refractivity contribution in [1.29, 1.82) is 0 Å². The normalized spacial score (nSPS) is 11.6. The van der Waals surface area contributed by atoms with Crippen LogP contribution in [0.2, 0.25) is 0 Å². The minimum atomic E-state index is -4.32. The lowest BCUT2D eigenvalue weighted by atomic mass is 10.0. The predicted octanol–water partition coefficient (Wildman–Crippen LogP) is 4.79. The van der Waals surface area contributed by atoms with Gasteiger partial charge in [-0.2, -0.15) is 13.2 Å². The SMILES string of the molecule is CCCCCCC(=O)Cc1ccc(C(F)(F)F)cc1. The smallest absolute Gasteiger partial charge is 0.299 e. The fourth-order valence-corrected chi connectivity index (χ4v) is 1.88. The van der Waals surface area contributed by atoms with Gasteiger partial charge >= 0.3 is 6.18 Å². The number of unbranched alkanes of at least 4 members (excludes halogenated alkanes) is 3. The zero-order valence-corrected chi connectivity index (χ0v) is 11.1. The van der Waals surface area contributed by atoms with Gasteiger partial charge in [-0.1, -0.05) is 38.3 Å². The molecule has 0 spiro atoms. The Kier molecular flexibility index (Phi) is 6.06. The summed E-state index contributed by atoms with van der Waals surface area (Å²) in [7, 11) is 0. The van der Waals surface area contributed by atoms with Crippen LogP contribution in [0.15, 0.2) is 24.3 Å². The molecule has 4 heteroatoms. The maximum Gasteiger partial charge on any atom is 0.416 e. The van der Waals surface area contributed by atoms with Crippen molar-refractivity contribution in [2.45, 2.75) is 51.6 Å². The molecule has 0 bridgehead atoms. The first-order chi connectivity index (χ1) is 8.93. The molecule has 19 heavy (non-hydrogen) atoms. The van der Waals surface area contributed by atoms with Gasteiger partial charge in [-0.15, -0.1) is 0 Å². The Morgan fingerprint density at radius 3 is 2.21 bits per heavy atom. The molecule has 1 nitrogen and oxygen atoms in total. The van der Waals surface area contributed by atoms with Gasteiger partial charge in [0, 0.05) is 12.8 Å². The molecule has 0 aliphatic heterocycles. The van der Waals surface area contributed by atoms with Crippen LogP contribution in [0.1, 0.15) is 50.2 Å². The molecular formula is C15H19F3O. The molecule has 0 saturated carbocycles. The molecule has 106 valence electrons. The summed E-state index contributed by atoms with van der Waals surface area (Å²) in [5, 5.41) is 0. The summed E-state index contributed by atoms with van der Waals surface area (Å²) in [6, 6.07) is 4.82. The first-order valence-electron chi connectivity index (χ1n) is 6.61. The third-order valence-electron chi connectivity index (χ3n) is 2.99. The van der Waals surface area contributed by atoms with E-state index in [-0.39, 0.29) is 12.2 Å². The fraction of sp³-hybridized carbons (Fsp3) is 0.533. The van der Waals surface area contributed by atoms with Gasteiger partial charge in [0.05, 0.1) is 5.56 Å². The Hall–Kier alpha value is -1.32. The van der Waals surface area contributed by atoms with Gasteiger partial charge in [0.15, 0.2) is 0 Å². The molecule has 0 unspecified atom stereocenters. The summed E-state index contributed by atoms with van der Waals surface area (Å²) in [5.74, 6) is 0.0934. The Bertz CT molecular complexity index is 393. The summed E-state index contributed by atoms with van der Waals surface area (Å²) >= 11 is 0. The van der Waals surface area contributed by atoms with Gasteiger partial charge in [0.1, 0.15) is 5.78 Å². The number of benzene rings is 1. The predicted molar refractivity (Wildman–Crippen MR) is 68.9 cm³/mol. The molecule has 0 atom stereocenters. The molecule has 1 rings (SSSR count). The minimum absolute atomic E-state index is 0.0934. The highest BCUT2D eigenvalue weighted by Gasteiger charge is 2.29. The van der Waals surface area contributed by atoms with Crippen LogP contribution >= 0.6 is 0 Å². The number of hydrogen-bond donors (Lipinski definition) is 0. The molecule has 0 fully saturated rings. The van der Waals surface area contributed by atoms with Crippen LogP contribution in [-0.4, -0.2) is 5.78 Å². The van der Waals surface area contributed by atoms with Crippen LogP contribution in [0.5, 0.6) is 0 Å². The molecule has 0 aliphatic carbocycles. The summed E-state index contributed by atoms with van der Waals surface area (Å²) in [6.45, 7) is 2.10. The van der Waals surface area contributed by atoms with Crippen molar-refractivity contribution in [3.05, 3.63) is 35.4 Å². The highest BCUT2D eigenvalue weighted by molar-refractivity contribution is 5.80. The second-order valence-corrected chi connectivity index (χ2v) is 4.72. The molecule has 1 aromatic rings. The number of ketones is 1. The fourth-order valence-electron chi connectivity index (χ4n) is 1.88. The topological polar surface area (TPSA) is 17.1 Å². The molecule has 0 aromatic heterocycles. The van der Waals surface area contributed by atoms with E-state index in [9.17, 15) is 18.0 Å². The largest absolute Gasteiger partial charge is 0.416 e. The van der Waals surface area contributed by atoms with E-state index in [0.717, 1.165) is 37.8 Å². The van der Waals surface area contributed by atoms with Gasteiger partial charge in [-0.25, -0.2) is 0 Å². The van der Waals surface area contributed by atoms with E-state index in [1.54, 1.807) is 0 Å². The number of hydrogen-bond acceptors (Lipinski definition) is 1. The van der Waals surface area contributed by atoms with E-state index in [1.807, 2.05) is 0 Å². The van der Waals surface area contributed by atoms with Crippen LogP contribution in [0, 0.1) is 0 Å². The second-order valence-electron chi connectivity index (χ2n) is 4.72. The van der Waals surface area contributed by atoms with Crippen molar-refractivity contribution in [3.63, 3.8) is 0 Å². The monoisotopic (exact) mass is 272 g/mol. The number of halogens is 3. The summed E-state index contributed by atoms with van der Waals surface area (Å²) < 4.78 is 37.1. The highest BCUT2D eigenvalue weighted by Crippen LogP contribution is 2.29. The third kappa shape index (κ3) is 5.90. The Morgan fingerprint density at radius 1 is 1.05 bits per heavy atom. The molecular weight excluding hydrogens is 253 g/mol. The van der Waals surface area contributed by atoms with Crippen LogP contribution in [-0.2, 0) is 17.4 Å². The number of Topliss-reactive ketones (excluding diaryl/α,β-unsaturated/α-hetero) is 1. The molecule has 1 aromatic carbocycles. The third-order valence-corrected chi connectivity index (χ3v) is 2.99. The summed E-state index contributed by atoms with van der Waals surface area (Å²) in [4.78, 5) is 11.6. The van der Waals surface area contributed by atoms with Gasteiger partial charge in [-0.3, -0.25) is 4.79 Å². The first kappa shape index (κ1) is 15.7. The second kappa shape index (κ2) is 7.31. The summed E-state index contributed by atoms with van der Waals surface area (Å²) in [6.07, 6.45) is 0.567. The van der Waals surface area contributed by atoms with Crippen molar-refractivity contribution in [3.8, 4) is 0 Å². The van der Waals surface area contributed by atoms with Crippen molar-refractivity contribution in [2.75, 3.05) is 0 Å². The number of carbonyl (C=O) groups excluding carboxylic acids is 1. The number of alkyl halides is 3. The van der Waals surface area contributed by atoms with Gasteiger partial charge < -0.3 is 0 Å². The zero-order valence-electron chi connectivity index (χ0n) is 11.1. The molecule has 0 heterocycles.